The summed E-state index contributed by atoms with van der Waals surface area (Å²) in [6.07, 6.45) is 4.67. The number of hydrogen-bond donors (Lipinski definition) is 2. The van der Waals surface area contributed by atoms with Gasteiger partial charge in [-0.15, -0.1) is 10.2 Å². The molecule has 0 bridgehead atoms. The molecule has 1 saturated carbocycles. The van der Waals surface area contributed by atoms with E-state index in [4.69, 9.17) is 11.6 Å². The number of anilines is 3. The van der Waals surface area contributed by atoms with Crippen LogP contribution < -0.4 is 26.4 Å². The SMILES string of the molecule is CCn1cc(-c2nnc(NC(=O)Nc3cn(C4CC4)c4cc(Cl)c(F)cc4c3=O)s2)c(=O)c2cc(F)c(N3CCN(C)C(C)C3)c(F)c21. The highest BCUT2D eigenvalue weighted by Crippen LogP contribution is 2.38. The number of amides is 2. The zero-order chi connectivity index (χ0) is 34.0. The molecule has 2 fully saturated rings. The average molecular weight is 699 g/mol. The molecule has 2 aliphatic rings. The van der Waals surface area contributed by atoms with Gasteiger partial charge in [0.25, 0.3) is 0 Å². The number of halogens is 4. The number of pyridine rings is 2. The Bertz CT molecular complexity index is 2250. The van der Waals surface area contributed by atoms with E-state index >= 15 is 8.78 Å². The number of piperazine rings is 1. The Morgan fingerprint density at radius 2 is 1.77 bits per heavy atom. The van der Waals surface area contributed by atoms with Crippen molar-refractivity contribution in [3.63, 3.8) is 0 Å². The number of nitrogens with one attached hydrogen (secondary N) is 2. The van der Waals surface area contributed by atoms with Gasteiger partial charge in [-0.1, -0.05) is 22.9 Å². The van der Waals surface area contributed by atoms with Crippen LogP contribution >= 0.6 is 22.9 Å². The molecule has 1 aliphatic carbocycles. The lowest BCUT2D eigenvalue weighted by molar-refractivity contribution is 0.232. The number of hydrogen-bond acceptors (Lipinski definition) is 8. The van der Waals surface area contributed by atoms with E-state index < -0.39 is 34.3 Å². The third kappa shape index (κ3) is 5.58. The molecule has 1 unspecified atom stereocenters. The fourth-order valence-corrected chi connectivity index (χ4v) is 7.04. The Labute approximate surface area is 280 Å². The Morgan fingerprint density at radius 3 is 2.48 bits per heavy atom. The number of aromatic nitrogens is 4. The van der Waals surface area contributed by atoms with Crippen LogP contribution in [0.25, 0.3) is 32.4 Å². The topological polar surface area (TPSA) is 117 Å². The third-order valence-electron chi connectivity index (χ3n) is 8.98. The maximum Gasteiger partial charge on any atom is 0.325 e. The maximum absolute atomic E-state index is 16.1. The van der Waals surface area contributed by atoms with Gasteiger partial charge in [0.1, 0.15) is 23.0 Å². The molecule has 7 rings (SSSR count). The summed E-state index contributed by atoms with van der Waals surface area (Å²) < 4.78 is 49.2. The van der Waals surface area contributed by atoms with Gasteiger partial charge in [0, 0.05) is 50.7 Å². The summed E-state index contributed by atoms with van der Waals surface area (Å²) in [5.74, 6) is -2.38. The smallest absolute Gasteiger partial charge is 0.325 e. The van der Waals surface area contributed by atoms with Crippen molar-refractivity contribution >= 4 is 67.3 Å². The minimum Gasteiger partial charge on any atom is -0.364 e. The van der Waals surface area contributed by atoms with Gasteiger partial charge < -0.3 is 24.3 Å². The second-order valence-electron chi connectivity index (χ2n) is 12.1. The first-order chi connectivity index (χ1) is 22.9. The molecule has 2 amide bonds. The molecule has 2 N–H and O–H groups in total. The molecule has 250 valence electrons. The predicted molar refractivity (Wildman–Crippen MR) is 181 cm³/mol. The van der Waals surface area contributed by atoms with Crippen LogP contribution in [0.4, 0.5) is 34.5 Å². The first-order valence-electron chi connectivity index (χ1n) is 15.4. The third-order valence-corrected chi connectivity index (χ3v) is 10.1. The van der Waals surface area contributed by atoms with Crippen LogP contribution in [0.15, 0.2) is 40.2 Å². The number of likely N-dealkylation sites (N-methyl/N-ethyl adjacent to an activating group) is 1. The number of carbonyl (C=O) groups is 1. The summed E-state index contributed by atoms with van der Waals surface area (Å²) >= 11 is 6.85. The molecular formula is C32H30ClF3N8O3S. The van der Waals surface area contributed by atoms with Crippen LogP contribution in [0.5, 0.6) is 0 Å². The lowest BCUT2D eigenvalue weighted by atomic mass is 10.1. The number of fused-ring (bicyclic) bond motifs is 2. The van der Waals surface area contributed by atoms with Crippen molar-refractivity contribution in [2.45, 2.75) is 45.3 Å². The summed E-state index contributed by atoms with van der Waals surface area (Å²) in [6.45, 7) is 5.55. The van der Waals surface area contributed by atoms with Crippen LogP contribution in [0.2, 0.25) is 5.02 Å². The zero-order valence-corrected chi connectivity index (χ0v) is 27.7. The van der Waals surface area contributed by atoms with E-state index in [0.717, 1.165) is 36.3 Å². The molecule has 1 aliphatic heterocycles. The molecule has 1 saturated heterocycles. The Hall–Kier alpha value is -4.47. The molecule has 16 heteroatoms. The van der Waals surface area contributed by atoms with Gasteiger partial charge in [-0.05, 0) is 51.9 Å². The first-order valence-corrected chi connectivity index (χ1v) is 16.6. The lowest BCUT2D eigenvalue weighted by Crippen LogP contribution is -2.50. The van der Waals surface area contributed by atoms with Crippen molar-refractivity contribution in [3.05, 3.63) is 73.5 Å². The van der Waals surface area contributed by atoms with Crippen molar-refractivity contribution < 1.29 is 18.0 Å². The summed E-state index contributed by atoms with van der Waals surface area (Å²) in [4.78, 5) is 43.6. The van der Waals surface area contributed by atoms with E-state index in [9.17, 15) is 18.8 Å². The maximum atomic E-state index is 16.1. The van der Waals surface area contributed by atoms with Gasteiger partial charge in [0.05, 0.1) is 32.4 Å². The number of benzene rings is 2. The minimum atomic E-state index is -0.828. The van der Waals surface area contributed by atoms with E-state index in [-0.39, 0.29) is 67.0 Å². The highest BCUT2D eigenvalue weighted by Gasteiger charge is 2.29. The van der Waals surface area contributed by atoms with Gasteiger partial charge in [-0.3, -0.25) is 14.9 Å². The summed E-state index contributed by atoms with van der Waals surface area (Å²) in [6, 6.07) is 2.88. The minimum absolute atomic E-state index is 0.00285. The van der Waals surface area contributed by atoms with Gasteiger partial charge in [0.15, 0.2) is 16.3 Å². The number of carbonyl (C=O) groups excluding carboxylic acids is 1. The van der Waals surface area contributed by atoms with Crippen LogP contribution in [-0.2, 0) is 6.54 Å². The Morgan fingerprint density at radius 1 is 1.02 bits per heavy atom. The standard InChI is InChI=1S/C32H30ClF3N8O3S/c1-4-42-13-19(28(45)18-10-22(35)27(25(36)26(18)42)43-8-7-41(3)15(2)12-43)30-39-40-32(48-30)38-31(47)37-23-14-44(16-5-6-16)24-11-20(33)21(34)9-17(24)29(23)46/h9-11,13-16H,4-8,12H2,1-3H3,(H2,37,38,40,47). The quantitative estimate of drug-likeness (QED) is 0.222. The summed E-state index contributed by atoms with van der Waals surface area (Å²) in [7, 11) is 1.96. The van der Waals surface area contributed by atoms with Crippen molar-refractivity contribution in [1.29, 1.82) is 0 Å². The molecule has 2 aromatic carbocycles. The van der Waals surface area contributed by atoms with Gasteiger partial charge in [0.2, 0.25) is 10.6 Å². The second-order valence-corrected chi connectivity index (χ2v) is 13.5. The van der Waals surface area contributed by atoms with Crippen LogP contribution in [0, 0.1) is 17.5 Å². The van der Waals surface area contributed by atoms with Crippen molar-refractivity contribution in [2.24, 2.45) is 0 Å². The molecule has 4 heterocycles. The van der Waals surface area contributed by atoms with Crippen LogP contribution in [0.1, 0.15) is 32.7 Å². The normalized spacial score (nSPS) is 17.0. The number of rotatable bonds is 6. The molecule has 11 nitrogen and oxygen atoms in total. The summed E-state index contributed by atoms with van der Waals surface area (Å²) in [5.41, 5.74) is -0.952. The Balaban J connectivity index is 1.18. The van der Waals surface area contributed by atoms with Crippen LogP contribution in [0.3, 0.4) is 0 Å². The molecular weight excluding hydrogens is 669 g/mol. The van der Waals surface area contributed by atoms with Gasteiger partial charge in [-0.25, -0.2) is 18.0 Å². The van der Waals surface area contributed by atoms with Crippen molar-refractivity contribution in [1.82, 2.24) is 24.2 Å². The fraction of sp³-hybridized carbons (Fsp3) is 0.344. The molecule has 48 heavy (non-hydrogen) atoms. The molecule has 0 spiro atoms. The number of nitrogens with zero attached hydrogens (tertiary/aromatic N) is 6. The average Bonchev–Trinajstić information content (AvgIpc) is 3.79. The largest absolute Gasteiger partial charge is 0.364 e. The monoisotopic (exact) mass is 698 g/mol. The predicted octanol–water partition coefficient (Wildman–Crippen LogP) is 6.04. The van der Waals surface area contributed by atoms with Gasteiger partial charge in [-0.2, -0.15) is 0 Å². The highest BCUT2D eigenvalue weighted by atomic mass is 35.5. The van der Waals surface area contributed by atoms with E-state index in [1.807, 2.05) is 14.0 Å². The molecule has 0 radical (unpaired) electrons. The highest BCUT2D eigenvalue weighted by molar-refractivity contribution is 7.18. The van der Waals surface area contributed by atoms with E-state index in [2.05, 4.69) is 25.7 Å². The van der Waals surface area contributed by atoms with E-state index in [1.165, 1.54) is 23.0 Å². The number of urea groups is 1. The van der Waals surface area contributed by atoms with E-state index in [0.29, 0.717) is 25.2 Å². The number of aryl methyl sites for hydroxylation is 1. The lowest BCUT2D eigenvalue weighted by Gasteiger charge is -2.39. The fourth-order valence-electron chi connectivity index (χ4n) is 6.14. The van der Waals surface area contributed by atoms with E-state index in [1.54, 1.807) is 16.4 Å². The zero-order valence-electron chi connectivity index (χ0n) is 26.1. The molecule has 1 atom stereocenters. The molecule has 3 aromatic heterocycles. The summed E-state index contributed by atoms with van der Waals surface area (Å²) in [5, 5.41) is 13.0. The van der Waals surface area contributed by atoms with Crippen molar-refractivity contribution in [2.75, 3.05) is 42.2 Å². The van der Waals surface area contributed by atoms with Crippen molar-refractivity contribution in [3.8, 4) is 10.6 Å². The first kappa shape index (κ1) is 32.1. The Kier molecular flexibility index (Phi) is 8.16. The molecule has 5 aromatic rings. The van der Waals surface area contributed by atoms with Crippen LogP contribution in [-0.4, -0.2) is 63.0 Å². The van der Waals surface area contributed by atoms with Gasteiger partial charge >= 0.3 is 6.03 Å². The second kappa shape index (κ2) is 12.2.